The van der Waals surface area contributed by atoms with Crippen LogP contribution >= 0.6 is 0 Å². The predicted molar refractivity (Wildman–Crippen MR) is 125 cm³/mol. The minimum Gasteiger partial charge on any atom is -0.444 e. The van der Waals surface area contributed by atoms with Gasteiger partial charge in [0.05, 0.1) is 11.4 Å². The normalized spacial score (nSPS) is 12.4. The van der Waals surface area contributed by atoms with Gasteiger partial charge in [-0.2, -0.15) is 0 Å². The zero-order valence-electron chi connectivity index (χ0n) is 19.1. The van der Waals surface area contributed by atoms with Crippen molar-refractivity contribution in [3.05, 3.63) is 59.7 Å². The lowest BCUT2D eigenvalue weighted by Gasteiger charge is -2.20. The van der Waals surface area contributed by atoms with Crippen LogP contribution in [0.25, 0.3) is 0 Å². The van der Waals surface area contributed by atoms with Crippen LogP contribution in [0.15, 0.2) is 48.5 Å². The Kier molecular flexibility index (Phi) is 8.59. The molecule has 7 heteroatoms. The molecule has 4 N–H and O–H groups in total. The van der Waals surface area contributed by atoms with Crippen LogP contribution in [0.5, 0.6) is 0 Å². The van der Waals surface area contributed by atoms with Crippen molar-refractivity contribution < 1.29 is 14.3 Å². The highest BCUT2D eigenvalue weighted by atomic mass is 16.6. The molecule has 168 valence electrons. The monoisotopic (exact) mass is 426 g/mol. The number of hydrogen-bond donors (Lipinski definition) is 3. The van der Waals surface area contributed by atoms with Gasteiger partial charge in [-0.1, -0.05) is 24.3 Å². The summed E-state index contributed by atoms with van der Waals surface area (Å²) in [5.74, 6) is -0.272. The summed E-state index contributed by atoms with van der Waals surface area (Å²) in [6.45, 7) is 6.36. The Morgan fingerprint density at radius 1 is 1.00 bits per heavy atom. The van der Waals surface area contributed by atoms with Gasteiger partial charge in [0.2, 0.25) is 0 Å². The first-order valence-corrected chi connectivity index (χ1v) is 10.5. The predicted octanol–water partition coefficient (Wildman–Crippen LogP) is 4.63. The van der Waals surface area contributed by atoms with Gasteiger partial charge in [-0.25, -0.2) is 4.79 Å². The molecule has 1 unspecified atom stereocenters. The fourth-order valence-corrected chi connectivity index (χ4v) is 2.98. The maximum Gasteiger partial charge on any atom is 0.412 e. The first-order chi connectivity index (χ1) is 14.5. The molecule has 1 atom stereocenters. The number of nitrogens with two attached hydrogens (primary N) is 1. The van der Waals surface area contributed by atoms with E-state index in [1.807, 2.05) is 26.2 Å². The maximum atomic E-state index is 12.7. The number of para-hydroxylation sites is 2. The van der Waals surface area contributed by atoms with E-state index >= 15 is 0 Å². The Morgan fingerprint density at radius 3 is 2.13 bits per heavy atom. The van der Waals surface area contributed by atoms with Gasteiger partial charge in [0.15, 0.2) is 0 Å². The Balaban J connectivity index is 2.01. The molecule has 0 saturated heterocycles. The molecule has 0 aliphatic carbocycles. The second-order valence-corrected chi connectivity index (χ2v) is 8.80. The number of rotatable bonds is 8. The van der Waals surface area contributed by atoms with Crippen LogP contribution < -0.4 is 16.4 Å². The van der Waals surface area contributed by atoms with E-state index in [1.165, 1.54) is 0 Å². The van der Waals surface area contributed by atoms with Crippen LogP contribution in [0.4, 0.5) is 16.2 Å². The lowest BCUT2D eigenvalue weighted by atomic mass is 10.0. The van der Waals surface area contributed by atoms with Crippen molar-refractivity contribution in [1.29, 1.82) is 0 Å². The molecule has 0 aliphatic rings. The summed E-state index contributed by atoms with van der Waals surface area (Å²) in [4.78, 5) is 26.9. The lowest BCUT2D eigenvalue weighted by Crippen LogP contribution is -2.27. The molecule has 31 heavy (non-hydrogen) atoms. The van der Waals surface area contributed by atoms with Crippen molar-refractivity contribution in [2.45, 2.75) is 45.3 Å². The minimum atomic E-state index is -0.614. The molecule has 0 radical (unpaired) electrons. The van der Waals surface area contributed by atoms with Crippen LogP contribution in [0.3, 0.4) is 0 Å². The molecule has 0 heterocycles. The fourth-order valence-electron chi connectivity index (χ4n) is 2.98. The topological polar surface area (TPSA) is 96.7 Å². The number of ether oxygens (including phenoxy) is 1. The molecule has 2 amide bonds. The summed E-state index contributed by atoms with van der Waals surface area (Å²) in [6.07, 6.45) is 1.31. The highest BCUT2D eigenvalue weighted by Crippen LogP contribution is 2.23. The SMILES string of the molecule is CN(C)CCCC(N)c1ccc(C(=O)Nc2ccccc2NC(=O)OC(C)(C)C)cc1. The summed E-state index contributed by atoms with van der Waals surface area (Å²) < 4.78 is 5.29. The molecule has 0 saturated carbocycles. The van der Waals surface area contributed by atoms with Crippen LogP contribution in [0.1, 0.15) is 55.6 Å². The van der Waals surface area contributed by atoms with Gasteiger partial charge < -0.3 is 20.7 Å². The van der Waals surface area contributed by atoms with Gasteiger partial charge in [-0.3, -0.25) is 10.1 Å². The molecule has 2 aromatic rings. The lowest BCUT2D eigenvalue weighted by molar-refractivity contribution is 0.0635. The van der Waals surface area contributed by atoms with Gasteiger partial charge in [0, 0.05) is 11.6 Å². The van der Waals surface area contributed by atoms with E-state index in [9.17, 15) is 9.59 Å². The average molecular weight is 427 g/mol. The van der Waals surface area contributed by atoms with Crippen molar-refractivity contribution in [2.24, 2.45) is 5.73 Å². The third kappa shape index (κ3) is 8.39. The quantitative estimate of drug-likeness (QED) is 0.572. The summed E-state index contributed by atoms with van der Waals surface area (Å²) in [5, 5.41) is 5.52. The van der Waals surface area contributed by atoms with Crippen molar-refractivity contribution in [3.63, 3.8) is 0 Å². The van der Waals surface area contributed by atoms with E-state index in [0.717, 1.165) is 24.9 Å². The molecule has 0 fully saturated rings. The fraction of sp³-hybridized carbons (Fsp3) is 0.417. The van der Waals surface area contributed by atoms with Crippen LogP contribution in [0.2, 0.25) is 0 Å². The Labute approximate surface area is 185 Å². The smallest absolute Gasteiger partial charge is 0.412 e. The van der Waals surface area contributed by atoms with E-state index in [2.05, 4.69) is 15.5 Å². The van der Waals surface area contributed by atoms with Gasteiger partial charge in [0.25, 0.3) is 5.91 Å². The largest absolute Gasteiger partial charge is 0.444 e. The van der Waals surface area contributed by atoms with Crippen molar-refractivity contribution >= 4 is 23.4 Å². The third-order valence-electron chi connectivity index (χ3n) is 4.53. The maximum absolute atomic E-state index is 12.7. The van der Waals surface area contributed by atoms with Crippen molar-refractivity contribution in [3.8, 4) is 0 Å². The van der Waals surface area contributed by atoms with Gasteiger partial charge in [-0.05, 0) is 84.1 Å². The second-order valence-electron chi connectivity index (χ2n) is 8.80. The van der Waals surface area contributed by atoms with E-state index < -0.39 is 11.7 Å². The molecular weight excluding hydrogens is 392 g/mol. The molecule has 7 nitrogen and oxygen atoms in total. The number of nitrogens with zero attached hydrogens (tertiary/aromatic N) is 1. The molecular formula is C24H34N4O3. The molecule has 2 aromatic carbocycles. The van der Waals surface area contributed by atoms with E-state index in [0.29, 0.717) is 16.9 Å². The number of benzene rings is 2. The van der Waals surface area contributed by atoms with Gasteiger partial charge >= 0.3 is 6.09 Å². The average Bonchev–Trinajstić information content (AvgIpc) is 2.67. The Hall–Kier alpha value is -2.90. The summed E-state index contributed by atoms with van der Waals surface area (Å²) >= 11 is 0. The Morgan fingerprint density at radius 2 is 1.58 bits per heavy atom. The summed E-state index contributed by atoms with van der Waals surface area (Å²) in [5.41, 5.74) is 8.12. The molecule has 0 aromatic heterocycles. The van der Waals surface area contributed by atoms with Gasteiger partial charge in [0.1, 0.15) is 5.60 Å². The highest BCUT2D eigenvalue weighted by Gasteiger charge is 2.18. The van der Waals surface area contributed by atoms with Crippen LogP contribution in [-0.2, 0) is 4.74 Å². The number of carbonyl (C=O) groups is 2. The van der Waals surface area contributed by atoms with Crippen molar-refractivity contribution in [1.82, 2.24) is 4.90 Å². The number of nitrogens with one attached hydrogen (secondary N) is 2. The standard InChI is InChI=1S/C24H34N4O3/c1-24(2,3)31-23(30)27-21-11-7-6-10-20(21)26-22(29)18-14-12-17(13-15-18)19(25)9-8-16-28(4)5/h6-7,10-15,19H,8-9,16,25H2,1-5H3,(H,26,29)(H,27,30). The number of hydrogen-bond acceptors (Lipinski definition) is 5. The summed E-state index contributed by atoms with van der Waals surface area (Å²) in [6, 6.07) is 14.2. The number of anilines is 2. The first kappa shape index (κ1) is 24.4. The molecule has 2 rings (SSSR count). The van der Waals surface area contributed by atoms with Gasteiger partial charge in [-0.15, -0.1) is 0 Å². The zero-order valence-corrected chi connectivity index (χ0v) is 19.1. The molecule has 0 aliphatic heterocycles. The molecule has 0 spiro atoms. The number of amides is 2. The van der Waals surface area contributed by atoms with E-state index in [-0.39, 0.29) is 11.9 Å². The van der Waals surface area contributed by atoms with Crippen LogP contribution in [-0.4, -0.2) is 43.1 Å². The molecule has 0 bridgehead atoms. The second kappa shape index (κ2) is 10.9. The highest BCUT2D eigenvalue weighted by molar-refractivity contribution is 6.06. The number of carbonyl (C=O) groups excluding carboxylic acids is 2. The minimum absolute atomic E-state index is 0.0594. The Bertz CT molecular complexity index is 873. The zero-order chi connectivity index (χ0) is 23.0. The summed E-state index contributed by atoms with van der Waals surface area (Å²) in [7, 11) is 4.08. The van der Waals surface area contributed by atoms with Crippen molar-refractivity contribution in [2.75, 3.05) is 31.3 Å². The third-order valence-corrected chi connectivity index (χ3v) is 4.53. The first-order valence-electron chi connectivity index (χ1n) is 10.5. The van der Waals surface area contributed by atoms with Crippen LogP contribution in [0, 0.1) is 0 Å². The van der Waals surface area contributed by atoms with E-state index in [1.54, 1.807) is 57.2 Å². The van der Waals surface area contributed by atoms with E-state index in [4.69, 9.17) is 10.5 Å².